The Kier molecular flexibility index (Phi) is 8.52. The number of likely N-dealkylation sites (tertiary alicyclic amines) is 1. The quantitative estimate of drug-likeness (QED) is 0.400. The number of carbonyl (C=O) groups excluding carboxylic acids is 1. The molecular weight excluding hydrogens is 422 g/mol. The van der Waals surface area contributed by atoms with Crippen LogP contribution in [0, 0.1) is 23.7 Å². The summed E-state index contributed by atoms with van der Waals surface area (Å²) in [5.41, 5.74) is 1.33. The molecule has 2 aliphatic rings. The number of hydrogen-bond donors (Lipinski definition) is 0. The highest BCUT2D eigenvalue weighted by Crippen LogP contribution is 2.38. The van der Waals surface area contributed by atoms with Crippen molar-refractivity contribution in [2.75, 3.05) is 19.7 Å². The SMILES string of the molecule is CCOC(=O)C1CCN(Cc2ccc3cc(O[C@@H]4C[C@H](CC)CC[C@H]4C(C)C)ccc3c2)CC1. The number of esters is 1. The number of benzene rings is 2. The van der Waals surface area contributed by atoms with Crippen LogP contribution in [0.15, 0.2) is 36.4 Å². The van der Waals surface area contributed by atoms with E-state index in [1.165, 1.54) is 42.0 Å². The van der Waals surface area contributed by atoms with Gasteiger partial charge in [0.15, 0.2) is 0 Å². The zero-order valence-electron chi connectivity index (χ0n) is 21.6. The van der Waals surface area contributed by atoms with Crippen LogP contribution in [0.2, 0.25) is 0 Å². The van der Waals surface area contributed by atoms with Crippen LogP contribution in [0.4, 0.5) is 0 Å². The van der Waals surface area contributed by atoms with Crippen LogP contribution in [0.25, 0.3) is 10.8 Å². The minimum Gasteiger partial charge on any atom is -0.490 e. The summed E-state index contributed by atoms with van der Waals surface area (Å²) in [6, 6.07) is 13.4. The molecule has 1 heterocycles. The molecule has 34 heavy (non-hydrogen) atoms. The standard InChI is InChI=1S/C30H43NO3/c1-5-22-8-12-28(21(3)4)29(18-22)34-27-11-10-25-17-23(7-9-26(25)19-27)20-31-15-13-24(14-16-31)30(32)33-6-2/h7,9-11,17,19,21-22,24,28-29H,5-6,8,12-16,18,20H2,1-4H3/t22-,28+,29-/m1/s1. The van der Waals surface area contributed by atoms with E-state index in [1.54, 1.807) is 0 Å². The van der Waals surface area contributed by atoms with Crippen LogP contribution < -0.4 is 4.74 Å². The van der Waals surface area contributed by atoms with Gasteiger partial charge in [0.1, 0.15) is 11.9 Å². The Hall–Kier alpha value is -2.07. The summed E-state index contributed by atoms with van der Waals surface area (Å²) in [5, 5.41) is 2.51. The lowest BCUT2D eigenvalue weighted by atomic mass is 9.74. The van der Waals surface area contributed by atoms with Crippen LogP contribution in [-0.4, -0.2) is 36.7 Å². The molecule has 1 saturated carbocycles. The fourth-order valence-corrected chi connectivity index (χ4v) is 5.97. The Morgan fingerprint density at radius 2 is 1.74 bits per heavy atom. The molecule has 4 rings (SSSR count). The first-order valence-electron chi connectivity index (χ1n) is 13.5. The van der Waals surface area contributed by atoms with Crippen LogP contribution in [0.3, 0.4) is 0 Å². The zero-order valence-corrected chi connectivity index (χ0v) is 21.6. The molecule has 4 heteroatoms. The van der Waals surface area contributed by atoms with E-state index in [1.807, 2.05) is 6.92 Å². The van der Waals surface area contributed by atoms with Gasteiger partial charge < -0.3 is 9.47 Å². The van der Waals surface area contributed by atoms with Crippen molar-refractivity contribution in [1.82, 2.24) is 4.90 Å². The summed E-state index contributed by atoms with van der Waals surface area (Å²) < 4.78 is 11.8. The van der Waals surface area contributed by atoms with E-state index in [0.29, 0.717) is 24.5 Å². The number of hydrogen-bond acceptors (Lipinski definition) is 4. The van der Waals surface area contributed by atoms with E-state index in [4.69, 9.17) is 9.47 Å². The molecule has 0 amide bonds. The van der Waals surface area contributed by atoms with Gasteiger partial charge in [-0.1, -0.05) is 45.4 Å². The van der Waals surface area contributed by atoms with Gasteiger partial charge in [0.2, 0.25) is 0 Å². The Labute approximate surface area is 206 Å². The molecule has 186 valence electrons. The first-order chi connectivity index (χ1) is 16.5. The topological polar surface area (TPSA) is 38.8 Å². The Balaban J connectivity index is 1.38. The lowest BCUT2D eigenvalue weighted by molar-refractivity contribution is -0.149. The minimum absolute atomic E-state index is 0.0240. The van der Waals surface area contributed by atoms with E-state index in [9.17, 15) is 4.79 Å². The number of fused-ring (bicyclic) bond motifs is 1. The Morgan fingerprint density at radius 3 is 2.44 bits per heavy atom. The molecule has 0 bridgehead atoms. The lowest BCUT2D eigenvalue weighted by Gasteiger charge is -2.38. The molecule has 1 saturated heterocycles. The predicted molar refractivity (Wildman–Crippen MR) is 139 cm³/mol. The van der Waals surface area contributed by atoms with Crippen molar-refractivity contribution in [3.05, 3.63) is 42.0 Å². The van der Waals surface area contributed by atoms with Crippen molar-refractivity contribution in [1.29, 1.82) is 0 Å². The van der Waals surface area contributed by atoms with Gasteiger partial charge in [0.25, 0.3) is 0 Å². The maximum Gasteiger partial charge on any atom is 0.309 e. The minimum atomic E-state index is -0.0240. The number of ether oxygens (including phenoxy) is 2. The highest BCUT2D eigenvalue weighted by Gasteiger charge is 2.33. The molecule has 0 aromatic heterocycles. The molecule has 0 N–H and O–H groups in total. The second-order valence-corrected chi connectivity index (χ2v) is 10.8. The fraction of sp³-hybridized carbons (Fsp3) is 0.633. The van der Waals surface area contributed by atoms with Crippen LogP contribution in [-0.2, 0) is 16.1 Å². The summed E-state index contributed by atoms with van der Waals surface area (Å²) in [7, 11) is 0. The Morgan fingerprint density at radius 1 is 1.00 bits per heavy atom. The van der Waals surface area contributed by atoms with E-state index < -0.39 is 0 Å². The monoisotopic (exact) mass is 465 g/mol. The summed E-state index contributed by atoms with van der Waals surface area (Å²) in [6.07, 6.45) is 7.19. The normalized spacial score (nSPS) is 24.4. The molecule has 1 aliphatic heterocycles. The van der Waals surface area contributed by atoms with Crippen molar-refractivity contribution < 1.29 is 14.3 Å². The number of carbonyl (C=O) groups is 1. The van der Waals surface area contributed by atoms with Gasteiger partial charge in [0, 0.05) is 6.54 Å². The van der Waals surface area contributed by atoms with Gasteiger partial charge in [-0.3, -0.25) is 9.69 Å². The first kappa shape index (κ1) is 25.0. The summed E-state index contributed by atoms with van der Waals surface area (Å²) in [6.45, 7) is 12.2. The predicted octanol–water partition coefficient (Wildman–Crippen LogP) is 6.84. The van der Waals surface area contributed by atoms with E-state index in [-0.39, 0.29) is 11.9 Å². The highest BCUT2D eigenvalue weighted by atomic mass is 16.5. The molecule has 0 unspecified atom stereocenters. The van der Waals surface area contributed by atoms with Crippen LogP contribution >= 0.6 is 0 Å². The summed E-state index contributed by atoms with van der Waals surface area (Å²) >= 11 is 0. The summed E-state index contributed by atoms with van der Waals surface area (Å²) in [4.78, 5) is 14.4. The molecule has 2 fully saturated rings. The van der Waals surface area contributed by atoms with Crippen molar-refractivity contribution in [3.8, 4) is 5.75 Å². The lowest BCUT2D eigenvalue weighted by Crippen LogP contribution is -2.36. The van der Waals surface area contributed by atoms with Crippen LogP contribution in [0.5, 0.6) is 5.75 Å². The van der Waals surface area contributed by atoms with Crippen LogP contribution in [0.1, 0.15) is 71.8 Å². The van der Waals surface area contributed by atoms with E-state index >= 15 is 0 Å². The third-order valence-corrected chi connectivity index (χ3v) is 8.16. The van der Waals surface area contributed by atoms with Gasteiger partial charge in [-0.05, 0) is 104 Å². The van der Waals surface area contributed by atoms with Crippen molar-refractivity contribution in [3.63, 3.8) is 0 Å². The average molecular weight is 466 g/mol. The van der Waals surface area contributed by atoms with Gasteiger partial charge in [-0.2, -0.15) is 0 Å². The van der Waals surface area contributed by atoms with Crippen molar-refractivity contribution >= 4 is 16.7 Å². The number of piperidine rings is 1. The van der Waals surface area contributed by atoms with Crippen molar-refractivity contribution in [2.45, 2.75) is 78.9 Å². The third kappa shape index (κ3) is 6.13. The van der Waals surface area contributed by atoms with Gasteiger partial charge in [-0.15, -0.1) is 0 Å². The van der Waals surface area contributed by atoms with Crippen molar-refractivity contribution in [2.24, 2.45) is 23.7 Å². The van der Waals surface area contributed by atoms with E-state index in [0.717, 1.165) is 44.1 Å². The molecule has 3 atom stereocenters. The highest BCUT2D eigenvalue weighted by molar-refractivity contribution is 5.84. The number of nitrogens with zero attached hydrogens (tertiary/aromatic N) is 1. The smallest absolute Gasteiger partial charge is 0.309 e. The van der Waals surface area contributed by atoms with E-state index in [2.05, 4.69) is 62.1 Å². The maximum absolute atomic E-state index is 12.0. The molecule has 2 aromatic rings. The average Bonchev–Trinajstić information content (AvgIpc) is 2.84. The number of rotatable bonds is 8. The molecule has 0 spiro atoms. The molecule has 2 aromatic carbocycles. The third-order valence-electron chi connectivity index (χ3n) is 8.16. The first-order valence-corrected chi connectivity index (χ1v) is 13.5. The largest absolute Gasteiger partial charge is 0.490 e. The Bertz CT molecular complexity index is 947. The van der Waals surface area contributed by atoms with Gasteiger partial charge >= 0.3 is 5.97 Å². The molecule has 4 nitrogen and oxygen atoms in total. The fourth-order valence-electron chi connectivity index (χ4n) is 5.97. The second-order valence-electron chi connectivity index (χ2n) is 10.8. The maximum atomic E-state index is 12.0. The van der Waals surface area contributed by atoms with Gasteiger partial charge in [0.05, 0.1) is 12.5 Å². The second kappa shape index (κ2) is 11.6. The molecule has 0 radical (unpaired) electrons. The van der Waals surface area contributed by atoms with Gasteiger partial charge in [-0.25, -0.2) is 0 Å². The molecule has 1 aliphatic carbocycles. The zero-order chi connectivity index (χ0) is 24.1. The molecular formula is C30H43NO3. The summed E-state index contributed by atoms with van der Waals surface area (Å²) in [5.74, 6) is 3.16.